The SMILES string of the molecule is C=C(Cl)C(=C)CCC(=C)C(=C)c1cc(C)c(C)c(C)c1C. The van der Waals surface area contributed by atoms with Gasteiger partial charge >= 0.3 is 0 Å². The van der Waals surface area contributed by atoms with Crippen LogP contribution in [-0.2, 0) is 0 Å². The van der Waals surface area contributed by atoms with Crippen LogP contribution in [0.15, 0.2) is 48.6 Å². The molecule has 0 radical (unpaired) electrons. The molecule has 0 atom stereocenters. The van der Waals surface area contributed by atoms with Crippen LogP contribution in [0.25, 0.3) is 5.57 Å². The fourth-order valence-electron chi connectivity index (χ4n) is 2.30. The summed E-state index contributed by atoms with van der Waals surface area (Å²) in [6.07, 6.45) is 1.57. The van der Waals surface area contributed by atoms with Crippen molar-refractivity contribution in [1.29, 1.82) is 0 Å². The van der Waals surface area contributed by atoms with E-state index in [1.807, 2.05) is 0 Å². The molecule has 1 aromatic rings. The van der Waals surface area contributed by atoms with Crippen LogP contribution in [-0.4, -0.2) is 0 Å². The van der Waals surface area contributed by atoms with Gasteiger partial charge in [-0.15, -0.1) is 0 Å². The summed E-state index contributed by atoms with van der Waals surface area (Å²) >= 11 is 5.85. The van der Waals surface area contributed by atoms with Crippen molar-refractivity contribution in [1.82, 2.24) is 0 Å². The Morgan fingerprint density at radius 2 is 1.38 bits per heavy atom. The second kappa shape index (κ2) is 6.95. The Bertz CT molecular complexity index is 630. The number of allylic oxidation sites excluding steroid dienone is 4. The van der Waals surface area contributed by atoms with Crippen LogP contribution in [0.2, 0.25) is 0 Å². The van der Waals surface area contributed by atoms with Gasteiger partial charge in [0.05, 0.1) is 0 Å². The van der Waals surface area contributed by atoms with Crippen molar-refractivity contribution < 1.29 is 0 Å². The lowest BCUT2D eigenvalue weighted by Crippen LogP contribution is -1.99. The predicted octanol–water partition coefficient (Wildman–Crippen LogP) is 6.58. The first-order valence-corrected chi connectivity index (χ1v) is 7.52. The lowest BCUT2D eigenvalue weighted by atomic mass is 9.87. The number of rotatable bonds is 6. The van der Waals surface area contributed by atoms with Gasteiger partial charge in [-0.1, -0.05) is 44.0 Å². The maximum absolute atomic E-state index is 5.85. The van der Waals surface area contributed by atoms with Gasteiger partial charge in [-0.25, -0.2) is 0 Å². The highest BCUT2D eigenvalue weighted by Gasteiger charge is 2.12. The Labute approximate surface area is 134 Å². The van der Waals surface area contributed by atoms with E-state index in [4.69, 9.17) is 11.6 Å². The minimum absolute atomic E-state index is 0.520. The largest absolute Gasteiger partial charge is 0.0952 e. The smallest absolute Gasteiger partial charge is 0.0360 e. The summed E-state index contributed by atoms with van der Waals surface area (Å²) in [7, 11) is 0. The van der Waals surface area contributed by atoms with Crippen LogP contribution in [0.5, 0.6) is 0 Å². The molecule has 1 heteroatoms. The first-order chi connectivity index (χ1) is 9.66. The van der Waals surface area contributed by atoms with Gasteiger partial charge in [-0.2, -0.15) is 0 Å². The summed E-state index contributed by atoms with van der Waals surface area (Å²) in [6, 6.07) is 2.21. The molecule has 0 bridgehead atoms. The third-order valence-corrected chi connectivity index (χ3v) is 4.61. The second-order valence-electron chi connectivity index (χ2n) is 5.71. The molecule has 0 fully saturated rings. The monoisotopic (exact) mass is 300 g/mol. The molecule has 0 aliphatic heterocycles. The summed E-state index contributed by atoms with van der Waals surface area (Å²) in [5.74, 6) is 0. The van der Waals surface area contributed by atoms with Crippen LogP contribution in [0.3, 0.4) is 0 Å². The molecule has 0 unspecified atom stereocenters. The van der Waals surface area contributed by atoms with Crippen LogP contribution in [0, 0.1) is 27.7 Å². The molecule has 0 nitrogen and oxygen atoms in total. The summed E-state index contributed by atoms with van der Waals surface area (Å²) in [5, 5.41) is 0.520. The average Bonchev–Trinajstić information content (AvgIpc) is 2.44. The number of aryl methyl sites for hydroxylation is 1. The molecule has 112 valence electrons. The van der Waals surface area contributed by atoms with Crippen molar-refractivity contribution in [2.45, 2.75) is 40.5 Å². The topological polar surface area (TPSA) is 0 Å². The molecule has 0 heterocycles. The highest BCUT2D eigenvalue weighted by Crippen LogP contribution is 2.31. The quantitative estimate of drug-likeness (QED) is 0.521. The van der Waals surface area contributed by atoms with Gasteiger partial charge in [0, 0.05) is 5.03 Å². The van der Waals surface area contributed by atoms with Crippen molar-refractivity contribution in [2.75, 3.05) is 0 Å². The molecule has 0 aliphatic carbocycles. The van der Waals surface area contributed by atoms with Gasteiger partial charge in [-0.3, -0.25) is 0 Å². The predicted molar refractivity (Wildman–Crippen MR) is 96.9 cm³/mol. The van der Waals surface area contributed by atoms with E-state index in [2.05, 4.69) is 60.1 Å². The minimum atomic E-state index is 0.520. The van der Waals surface area contributed by atoms with Gasteiger partial charge in [-0.05, 0) is 85.1 Å². The van der Waals surface area contributed by atoms with Crippen LogP contribution < -0.4 is 0 Å². The van der Waals surface area contributed by atoms with Gasteiger partial charge in [0.1, 0.15) is 0 Å². The van der Waals surface area contributed by atoms with E-state index in [0.717, 1.165) is 29.6 Å². The van der Waals surface area contributed by atoms with Crippen molar-refractivity contribution in [3.05, 3.63) is 76.4 Å². The number of hydrogen-bond donors (Lipinski definition) is 0. The molecule has 0 N–H and O–H groups in total. The third-order valence-electron chi connectivity index (χ3n) is 4.35. The number of halogens is 1. The number of benzene rings is 1. The zero-order valence-corrected chi connectivity index (χ0v) is 14.5. The van der Waals surface area contributed by atoms with E-state index < -0.39 is 0 Å². The molecule has 0 aromatic heterocycles. The summed E-state index contributed by atoms with van der Waals surface area (Å²) in [4.78, 5) is 0. The van der Waals surface area contributed by atoms with Gasteiger partial charge < -0.3 is 0 Å². The molecule has 0 saturated carbocycles. The second-order valence-corrected chi connectivity index (χ2v) is 6.16. The fraction of sp³-hybridized carbons (Fsp3) is 0.300. The molecule has 1 aromatic carbocycles. The molecule has 0 spiro atoms. The molecule has 0 amide bonds. The first-order valence-electron chi connectivity index (χ1n) is 7.14. The van der Waals surface area contributed by atoms with E-state index in [1.165, 1.54) is 27.8 Å². The highest BCUT2D eigenvalue weighted by atomic mass is 35.5. The number of hydrogen-bond acceptors (Lipinski definition) is 0. The first kappa shape index (κ1) is 17.5. The molecular weight excluding hydrogens is 276 g/mol. The average molecular weight is 301 g/mol. The lowest BCUT2D eigenvalue weighted by Gasteiger charge is -2.18. The third kappa shape index (κ3) is 3.98. The van der Waals surface area contributed by atoms with E-state index in [-0.39, 0.29) is 0 Å². The van der Waals surface area contributed by atoms with Crippen LogP contribution in [0.4, 0.5) is 0 Å². The zero-order valence-electron chi connectivity index (χ0n) is 13.7. The van der Waals surface area contributed by atoms with Crippen LogP contribution >= 0.6 is 11.6 Å². The Kier molecular flexibility index (Phi) is 5.80. The Morgan fingerprint density at radius 1 is 0.857 bits per heavy atom. The van der Waals surface area contributed by atoms with Crippen molar-refractivity contribution in [3.8, 4) is 0 Å². The van der Waals surface area contributed by atoms with Crippen molar-refractivity contribution in [3.63, 3.8) is 0 Å². The standard InChI is InChI=1S/C20H25Cl/c1-12(9-10-13(2)19(8)21)16(5)20-11-14(3)15(4)17(6)18(20)7/h11H,1-2,5,8-10H2,3-4,6-7H3. The van der Waals surface area contributed by atoms with Crippen LogP contribution in [0.1, 0.15) is 40.7 Å². The van der Waals surface area contributed by atoms with Crippen molar-refractivity contribution >= 4 is 17.2 Å². The zero-order chi connectivity index (χ0) is 16.3. The van der Waals surface area contributed by atoms with E-state index in [1.54, 1.807) is 0 Å². The highest BCUT2D eigenvalue weighted by molar-refractivity contribution is 6.31. The summed E-state index contributed by atoms with van der Waals surface area (Å²) in [6.45, 7) is 24.6. The molecule has 21 heavy (non-hydrogen) atoms. The van der Waals surface area contributed by atoms with E-state index in [9.17, 15) is 0 Å². The normalized spacial score (nSPS) is 10.3. The molecule has 1 rings (SSSR count). The maximum atomic E-state index is 5.85. The lowest BCUT2D eigenvalue weighted by molar-refractivity contribution is 0.979. The Balaban J connectivity index is 2.97. The van der Waals surface area contributed by atoms with E-state index >= 15 is 0 Å². The maximum Gasteiger partial charge on any atom is 0.0360 e. The van der Waals surface area contributed by atoms with Gasteiger partial charge in [0.25, 0.3) is 0 Å². The summed E-state index contributed by atoms with van der Waals surface area (Å²) < 4.78 is 0. The molecular formula is C20H25Cl. The van der Waals surface area contributed by atoms with Crippen molar-refractivity contribution in [2.24, 2.45) is 0 Å². The molecule has 0 aliphatic rings. The summed E-state index contributed by atoms with van der Waals surface area (Å²) in [5.41, 5.74) is 9.34. The minimum Gasteiger partial charge on any atom is -0.0952 e. The molecule has 0 saturated heterocycles. The fourth-order valence-corrected chi connectivity index (χ4v) is 2.40. The van der Waals surface area contributed by atoms with Gasteiger partial charge in [0.15, 0.2) is 0 Å². The van der Waals surface area contributed by atoms with Gasteiger partial charge in [0.2, 0.25) is 0 Å². The Morgan fingerprint density at radius 3 is 1.90 bits per heavy atom. The Hall–Kier alpha value is -1.53. The van der Waals surface area contributed by atoms with E-state index in [0.29, 0.717) is 5.03 Å².